The van der Waals surface area contributed by atoms with Crippen LogP contribution in [0.4, 0.5) is 5.69 Å². The first-order valence-electron chi connectivity index (χ1n) is 13.4. The number of likely N-dealkylation sites (tertiary alicyclic amines) is 1. The summed E-state index contributed by atoms with van der Waals surface area (Å²) in [6.45, 7) is 6.75. The standard InChI is InChI=1S/C29H38ClN3O2/c30-25-7-4-8-26(21-25)32-19-17-31(18-20-32)22-23-9-11-27(12-10-23)35-28-13-15-33(16-14-28)29(34)24-5-2-1-3-6-24/h4,7-12,21,24,28H,1-3,5-6,13-20,22H2. The normalized spacial score (nSPS) is 20.7. The van der Waals surface area contributed by atoms with Crippen molar-refractivity contribution in [3.63, 3.8) is 0 Å². The van der Waals surface area contributed by atoms with Crippen LogP contribution in [0.3, 0.4) is 0 Å². The SMILES string of the molecule is O=C(C1CCCCC1)N1CCC(Oc2ccc(CN3CCN(c4cccc(Cl)c4)CC3)cc2)CC1. The van der Waals surface area contributed by atoms with Crippen LogP contribution in [0.2, 0.25) is 5.02 Å². The van der Waals surface area contributed by atoms with E-state index in [0.717, 1.165) is 82.3 Å². The molecule has 2 saturated heterocycles. The van der Waals surface area contributed by atoms with Crippen LogP contribution >= 0.6 is 11.6 Å². The van der Waals surface area contributed by atoms with Gasteiger partial charge in [-0.3, -0.25) is 9.69 Å². The lowest BCUT2D eigenvalue weighted by Crippen LogP contribution is -2.45. The van der Waals surface area contributed by atoms with Crippen LogP contribution in [0.5, 0.6) is 5.75 Å². The lowest BCUT2D eigenvalue weighted by molar-refractivity contribution is -0.138. The van der Waals surface area contributed by atoms with E-state index in [2.05, 4.69) is 51.1 Å². The molecular formula is C29H38ClN3O2. The molecule has 3 fully saturated rings. The van der Waals surface area contributed by atoms with E-state index in [1.165, 1.54) is 30.5 Å². The van der Waals surface area contributed by atoms with Crippen molar-refractivity contribution in [1.82, 2.24) is 9.80 Å². The number of benzene rings is 2. The zero-order valence-electron chi connectivity index (χ0n) is 20.7. The zero-order valence-corrected chi connectivity index (χ0v) is 21.5. The smallest absolute Gasteiger partial charge is 0.225 e. The number of halogens is 1. The van der Waals surface area contributed by atoms with Gasteiger partial charge in [-0.05, 0) is 48.7 Å². The Morgan fingerprint density at radius 2 is 1.57 bits per heavy atom. The average Bonchev–Trinajstić information content (AvgIpc) is 2.91. The van der Waals surface area contributed by atoms with E-state index in [1.807, 2.05) is 12.1 Å². The molecule has 2 heterocycles. The maximum absolute atomic E-state index is 12.8. The average molecular weight is 496 g/mol. The van der Waals surface area contributed by atoms with Crippen molar-refractivity contribution in [2.45, 2.75) is 57.6 Å². The van der Waals surface area contributed by atoms with Crippen molar-refractivity contribution in [2.24, 2.45) is 5.92 Å². The number of anilines is 1. The number of piperazine rings is 1. The van der Waals surface area contributed by atoms with E-state index in [1.54, 1.807) is 0 Å². The van der Waals surface area contributed by atoms with Crippen molar-refractivity contribution >= 4 is 23.2 Å². The number of nitrogens with zero attached hydrogens (tertiary/aromatic N) is 3. The molecule has 6 heteroatoms. The minimum absolute atomic E-state index is 0.204. The molecule has 1 amide bonds. The molecule has 2 aromatic carbocycles. The Morgan fingerprint density at radius 1 is 0.857 bits per heavy atom. The minimum atomic E-state index is 0.204. The summed E-state index contributed by atoms with van der Waals surface area (Å²) < 4.78 is 6.28. The number of ether oxygens (including phenoxy) is 1. The van der Waals surface area contributed by atoms with Crippen LogP contribution in [-0.4, -0.2) is 61.1 Å². The fourth-order valence-corrected chi connectivity index (χ4v) is 5.95. The van der Waals surface area contributed by atoms with Gasteiger partial charge in [0.05, 0.1) is 0 Å². The van der Waals surface area contributed by atoms with Gasteiger partial charge in [-0.15, -0.1) is 0 Å². The van der Waals surface area contributed by atoms with Gasteiger partial charge in [0.15, 0.2) is 0 Å². The van der Waals surface area contributed by atoms with Crippen LogP contribution < -0.4 is 9.64 Å². The molecule has 0 bridgehead atoms. The van der Waals surface area contributed by atoms with Gasteiger partial charge in [0, 0.05) is 75.3 Å². The fourth-order valence-electron chi connectivity index (χ4n) is 5.76. The number of hydrogen-bond acceptors (Lipinski definition) is 4. The highest BCUT2D eigenvalue weighted by Crippen LogP contribution is 2.28. The first-order valence-corrected chi connectivity index (χ1v) is 13.8. The molecule has 0 spiro atoms. The molecule has 188 valence electrons. The molecule has 5 rings (SSSR count). The fraction of sp³-hybridized carbons (Fsp3) is 0.552. The summed E-state index contributed by atoms with van der Waals surface area (Å²) in [7, 11) is 0. The van der Waals surface area contributed by atoms with Crippen LogP contribution in [0.1, 0.15) is 50.5 Å². The lowest BCUT2D eigenvalue weighted by atomic mass is 9.88. The Kier molecular flexibility index (Phi) is 8.15. The molecule has 2 aromatic rings. The first-order chi connectivity index (χ1) is 17.1. The Labute approximate surface area is 215 Å². The van der Waals surface area contributed by atoms with Crippen molar-refractivity contribution < 1.29 is 9.53 Å². The van der Waals surface area contributed by atoms with Gasteiger partial charge in [-0.1, -0.05) is 49.1 Å². The van der Waals surface area contributed by atoms with E-state index >= 15 is 0 Å². The first kappa shape index (κ1) is 24.5. The highest BCUT2D eigenvalue weighted by molar-refractivity contribution is 6.30. The highest BCUT2D eigenvalue weighted by atomic mass is 35.5. The van der Waals surface area contributed by atoms with Crippen molar-refractivity contribution in [2.75, 3.05) is 44.2 Å². The Morgan fingerprint density at radius 3 is 2.26 bits per heavy atom. The summed E-state index contributed by atoms with van der Waals surface area (Å²) in [6, 6.07) is 16.7. The van der Waals surface area contributed by atoms with Crippen molar-refractivity contribution in [1.29, 1.82) is 0 Å². The second-order valence-electron chi connectivity index (χ2n) is 10.4. The second kappa shape index (κ2) is 11.7. The predicted octanol–water partition coefficient (Wildman–Crippen LogP) is 5.61. The molecular weight excluding hydrogens is 458 g/mol. The zero-order chi connectivity index (χ0) is 24.0. The molecule has 1 saturated carbocycles. The minimum Gasteiger partial charge on any atom is -0.490 e. The lowest BCUT2D eigenvalue weighted by Gasteiger charge is -2.36. The van der Waals surface area contributed by atoms with Gasteiger partial charge < -0.3 is 14.5 Å². The van der Waals surface area contributed by atoms with Crippen molar-refractivity contribution in [3.8, 4) is 5.75 Å². The topological polar surface area (TPSA) is 36.0 Å². The van der Waals surface area contributed by atoms with Crippen LogP contribution in [0.15, 0.2) is 48.5 Å². The molecule has 1 aliphatic carbocycles. The molecule has 0 atom stereocenters. The van der Waals surface area contributed by atoms with Crippen molar-refractivity contribution in [3.05, 3.63) is 59.1 Å². The number of amides is 1. The number of carbonyl (C=O) groups excluding carboxylic acids is 1. The van der Waals surface area contributed by atoms with Crippen LogP contribution in [-0.2, 0) is 11.3 Å². The maximum Gasteiger partial charge on any atom is 0.225 e. The van der Waals surface area contributed by atoms with Gasteiger partial charge in [0.1, 0.15) is 11.9 Å². The van der Waals surface area contributed by atoms with Gasteiger partial charge in [-0.2, -0.15) is 0 Å². The third kappa shape index (κ3) is 6.50. The number of rotatable bonds is 6. The molecule has 0 radical (unpaired) electrons. The summed E-state index contributed by atoms with van der Waals surface area (Å²) >= 11 is 6.16. The number of piperidine rings is 1. The molecule has 0 aromatic heterocycles. The third-order valence-electron chi connectivity index (χ3n) is 7.89. The second-order valence-corrected chi connectivity index (χ2v) is 10.8. The highest BCUT2D eigenvalue weighted by Gasteiger charge is 2.29. The van der Waals surface area contributed by atoms with E-state index in [0.29, 0.717) is 5.91 Å². The molecule has 0 unspecified atom stereocenters. The molecule has 5 nitrogen and oxygen atoms in total. The summed E-state index contributed by atoms with van der Waals surface area (Å²) in [5.74, 6) is 1.60. The molecule has 35 heavy (non-hydrogen) atoms. The molecule has 0 N–H and O–H groups in total. The Hall–Kier alpha value is -2.24. The third-order valence-corrected chi connectivity index (χ3v) is 8.12. The van der Waals surface area contributed by atoms with Crippen LogP contribution in [0.25, 0.3) is 0 Å². The largest absolute Gasteiger partial charge is 0.490 e. The summed E-state index contributed by atoms with van der Waals surface area (Å²) in [6.07, 6.45) is 7.94. The van der Waals surface area contributed by atoms with E-state index in [4.69, 9.17) is 16.3 Å². The quantitative estimate of drug-likeness (QED) is 0.521. The van der Waals surface area contributed by atoms with Gasteiger partial charge >= 0.3 is 0 Å². The van der Waals surface area contributed by atoms with E-state index in [9.17, 15) is 4.79 Å². The summed E-state index contributed by atoms with van der Waals surface area (Å²) in [5, 5.41) is 0.797. The number of hydrogen-bond donors (Lipinski definition) is 0. The van der Waals surface area contributed by atoms with Gasteiger partial charge in [0.2, 0.25) is 5.91 Å². The Bertz CT molecular complexity index is 960. The summed E-state index contributed by atoms with van der Waals surface area (Å²) in [5.41, 5.74) is 2.53. The molecule has 3 aliphatic rings. The molecule has 2 aliphatic heterocycles. The monoisotopic (exact) mass is 495 g/mol. The summed E-state index contributed by atoms with van der Waals surface area (Å²) in [4.78, 5) is 19.8. The van der Waals surface area contributed by atoms with Gasteiger partial charge in [0.25, 0.3) is 0 Å². The van der Waals surface area contributed by atoms with E-state index < -0.39 is 0 Å². The van der Waals surface area contributed by atoms with Crippen LogP contribution in [0, 0.1) is 5.92 Å². The van der Waals surface area contributed by atoms with Gasteiger partial charge in [-0.25, -0.2) is 0 Å². The van der Waals surface area contributed by atoms with E-state index in [-0.39, 0.29) is 12.0 Å². The maximum atomic E-state index is 12.8. The number of carbonyl (C=O) groups is 1. The Balaban J connectivity index is 1.04. The predicted molar refractivity (Wildman–Crippen MR) is 142 cm³/mol.